The van der Waals surface area contributed by atoms with Crippen LogP contribution in [-0.4, -0.2) is 88.9 Å². The van der Waals surface area contributed by atoms with E-state index in [1.165, 1.54) is 4.90 Å². The molecule has 9 nitrogen and oxygen atoms in total. The lowest BCUT2D eigenvalue weighted by Gasteiger charge is -2.37. The van der Waals surface area contributed by atoms with Crippen molar-refractivity contribution in [3.8, 4) is 28.4 Å². The van der Waals surface area contributed by atoms with Gasteiger partial charge in [-0.2, -0.15) is 0 Å². The smallest absolute Gasteiger partial charge is 0.265 e. The molecular weight excluding hydrogens is 581 g/mol. The number of anilines is 1. The molecule has 0 saturated carbocycles. The standard InChI is InChI=1S/C31H33Cl2N3O6/c1-34(29(37)18-36-25-15-23(32)24(33)16-28(25)42-19-30(36)38)26(17-35-11-13-41-14-12-35)21-9-7-20(8-10-21)22-5-4-6-27(39-2)31(22)40-3/h4-10,15-16,26H,11-14,17-19H2,1-3H3. The zero-order chi connectivity index (χ0) is 29.8. The van der Waals surface area contributed by atoms with E-state index in [-0.39, 0.29) is 36.0 Å². The van der Waals surface area contributed by atoms with Gasteiger partial charge in [0.2, 0.25) is 5.91 Å². The van der Waals surface area contributed by atoms with E-state index in [0.717, 1.165) is 29.8 Å². The number of carbonyl (C=O) groups is 2. The number of rotatable bonds is 9. The molecule has 0 bridgehead atoms. The molecule has 11 heteroatoms. The predicted octanol–water partition coefficient (Wildman–Crippen LogP) is 4.93. The Morgan fingerprint density at radius 1 is 1.02 bits per heavy atom. The highest BCUT2D eigenvalue weighted by Crippen LogP contribution is 2.40. The van der Waals surface area contributed by atoms with Crippen LogP contribution < -0.4 is 19.1 Å². The molecule has 0 aliphatic carbocycles. The number of benzene rings is 3. The Hall–Kier alpha value is -3.50. The van der Waals surface area contributed by atoms with Crippen LogP contribution in [0, 0.1) is 0 Å². The average molecular weight is 615 g/mol. The first-order valence-corrected chi connectivity index (χ1v) is 14.4. The van der Waals surface area contributed by atoms with E-state index in [2.05, 4.69) is 4.90 Å². The Bertz CT molecular complexity index is 1450. The first-order chi connectivity index (χ1) is 20.3. The fraction of sp³-hybridized carbons (Fsp3) is 0.355. The van der Waals surface area contributed by atoms with Gasteiger partial charge in [0, 0.05) is 38.3 Å². The largest absolute Gasteiger partial charge is 0.493 e. The summed E-state index contributed by atoms with van der Waals surface area (Å²) >= 11 is 12.4. The molecule has 0 spiro atoms. The Morgan fingerprint density at radius 2 is 1.74 bits per heavy atom. The van der Waals surface area contributed by atoms with Crippen LogP contribution in [-0.2, 0) is 14.3 Å². The second-order valence-electron chi connectivity index (χ2n) is 10.1. The molecule has 0 aromatic heterocycles. The summed E-state index contributed by atoms with van der Waals surface area (Å²) in [5.41, 5.74) is 3.25. The van der Waals surface area contributed by atoms with Gasteiger partial charge >= 0.3 is 0 Å². The van der Waals surface area contributed by atoms with E-state index in [4.69, 9.17) is 42.1 Å². The third-order valence-corrected chi connectivity index (χ3v) is 8.37. The van der Waals surface area contributed by atoms with Crippen LogP contribution in [0.2, 0.25) is 10.0 Å². The van der Waals surface area contributed by atoms with E-state index in [1.807, 2.05) is 42.5 Å². The zero-order valence-corrected chi connectivity index (χ0v) is 25.3. The number of carbonyl (C=O) groups excluding carboxylic acids is 2. The number of amides is 2. The molecule has 5 rings (SSSR count). The molecule has 2 aliphatic heterocycles. The molecule has 2 heterocycles. The molecule has 0 N–H and O–H groups in total. The topological polar surface area (TPSA) is 80.8 Å². The van der Waals surface area contributed by atoms with E-state index in [0.29, 0.717) is 47.7 Å². The van der Waals surface area contributed by atoms with Crippen LogP contribution in [0.15, 0.2) is 54.6 Å². The molecule has 0 radical (unpaired) electrons. The number of fused-ring (bicyclic) bond motifs is 1. The molecule has 1 fully saturated rings. The van der Waals surface area contributed by atoms with Crippen molar-refractivity contribution < 1.29 is 28.5 Å². The van der Waals surface area contributed by atoms with Crippen LogP contribution in [0.1, 0.15) is 11.6 Å². The number of morpholine rings is 1. The summed E-state index contributed by atoms with van der Waals surface area (Å²) in [6, 6.07) is 16.7. The van der Waals surface area contributed by atoms with Gasteiger partial charge in [0.25, 0.3) is 5.91 Å². The monoisotopic (exact) mass is 613 g/mol. The molecule has 222 valence electrons. The summed E-state index contributed by atoms with van der Waals surface area (Å²) in [5.74, 6) is 1.16. The quantitative estimate of drug-likeness (QED) is 0.338. The second kappa shape index (κ2) is 13.2. The Morgan fingerprint density at radius 3 is 2.43 bits per heavy atom. The van der Waals surface area contributed by atoms with Crippen molar-refractivity contribution in [2.75, 3.05) is 72.2 Å². The molecule has 3 aromatic rings. The van der Waals surface area contributed by atoms with E-state index < -0.39 is 0 Å². The lowest BCUT2D eigenvalue weighted by Crippen LogP contribution is -2.48. The molecule has 2 amide bonds. The van der Waals surface area contributed by atoms with E-state index >= 15 is 0 Å². The van der Waals surface area contributed by atoms with Crippen LogP contribution in [0.3, 0.4) is 0 Å². The van der Waals surface area contributed by atoms with Crippen molar-refractivity contribution >= 4 is 40.7 Å². The van der Waals surface area contributed by atoms with Gasteiger partial charge in [-0.1, -0.05) is 59.6 Å². The first-order valence-electron chi connectivity index (χ1n) is 13.6. The molecule has 3 aromatic carbocycles. The van der Waals surface area contributed by atoms with Crippen LogP contribution >= 0.6 is 23.2 Å². The lowest BCUT2D eigenvalue weighted by molar-refractivity contribution is -0.133. The third kappa shape index (κ3) is 6.29. The summed E-state index contributed by atoms with van der Waals surface area (Å²) in [6.45, 7) is 3.08. The number of nitrogens with zero attached hydrogens (tertiary/aromatic N) is 3. The number of ether oxygens (including phenoxy) is 4. The Balaban J connectivity index is 1.42. The van der Waals surface area contributed by atoms with Gasteiger partial charge in [0.1, 0.15) is 12.3 Å². The zero-order valence-electron chi connectivity index (χ0n) is 23.8. The number of hydrogen-bond donors (Lipinski definition) is 0. The number of methoxy groups -OCH3 is 2. The first kappa shape index (κ1) is 30.0. The Kier molecular flexibility index (Phi) is 9.43. The molecule has 42 heavy (non-hydrogen) atoms. The SMILES string of the molecule is COc1cccc(-c2ccc(C(CN3CCOCC3)N(C)C(=O)CN3C(=O)COc4cc(Cl)c(Cl)cc43)cc2)c1OC. The fourth-order valence-corrected chi connectivity index (χ4v) is 5.58. The van der Waals surface area contributed by atoms with Crippen LogP contribution in [0.5, 0.6) is 17.2 Å². The molecule has 1 saturated heterocycles. The maximum Gasteiger partial charge on any atom is 0.265 e. The van der Waals surface area contributed by atoms with Gasteiger partial charge in [0.15, 0.2) is 18.1 Å². The summed E-state index contributed by atoms with van der Waals surface area (Å²) in [7, 11) is 5.00. The van der Waals surface area contributed by atoms with Gasteiger partial charge in [-0.3, -0.25) is 19.4 Å². The molecule has 2 aliphatic rings. The summed E-state index contributed by atoms with van der Waals surface area (Å²) < 4.78 is 22.2. The number of likely N-dealkylation sites (N-methyl/N-ethyl adjacent to an activating group) is 1. The number of hydrogen-bond acceptors (Lipinski definition) is 7. The van der Waals surface area contributed by atoms with Gasteiger partial charge in [-0.05, 0) is 23.3 Å². The molecule has 1 unspecified atom stereocenters. The number of para-hydroxylation sites is 1. The van der Waals surface area contributed by atoms with Crippen molar-refractivity contribution in [3.63, 3.8) is 0 Å². The Labute approximate surface area is 255 Å². The maximum absolute atomic E-state index is 13.8. The lowest BCUT2D eigenvalue weighted by atomic mass is 9.98. The minimum atomic E-state index is -0.330. The van der Waals surface area contributed by atoms with E-state index in [1.54, 1.807) is 38.3 Å². The average Bonchev–Trinajstić information content (AvgIpc) is 3.02. The highest BCUT2D eigenvalue weighted by molar-refractivity contribution is 6.42. The highest BCUT2D eigenvalue weighted by atomic mass is 35.5. The maximum atomic E-state index is 13.8. The van der Waals surface area contributed by atoms with Crippen LogP contribution in [0.25, 0.3) is 11.1 Å². The second-order valence-corrected chi connectivity index (χ2v) is 10.9. The van der Waals surface area contributed by atoms with Crippen molar-refractivity contribution in [2.45, 2.75) is 6.04 Å². The summed E-state index contributed by atoms with van der Waals surface area (Å²) in [6.07, 6.45) is 0. The van der Waals surface area contributed by atoms with Gasteiger partial charge < -0.3 is 23.8 Å². The van der Waals surface area contributed by atoms with Gasteiger partial charge in [-0.15, -0.1) is 0 Å². The molecular formula is C31H33Cl2N3O6. The van der Waals surface area contributed by atoms with Gasteiger partial charge in [-0.25, -0.2) is 0 Å². The summed E-state index contributed by atoms with van der Waals surface area (Å²) in [5, 5.41) is 0.589. The predicted molar refractivity (Wildman–Crippen MR) is 162 cm³/mol. The highest BCUT2D eigenvalue weighted by Gasteiger charge is 2.32. The summed E-state index contributed by atoms with van der Waals surface area (Å²) in [4.78, 5) is 32.0. The minimum Gasteiger partial charge on any atom is -0.493 e. The van der Waals surface area contributed by atoms with Crippen LogP contribution in [0.4, 0.5) is 5.69 Å². The van der Waals surface area contributed by atoms with Crippen molar-refractivity contribution in [3.05, 3.63) is 70.2 Å². The fourth-order valence-electron chi connectivity index (χ4n) is 5.27. The van der Waals surface area contributed by atoms with E-state index in [9.17, 15) is 9.59 Å². The van der Waals surface area contributed by atoms with Crippen molar-refractivity contribution in [1.29, 1.82) is 0 Å². The minimum absolute atomic E-state index is 0.164. The molecule has 1 atom stereocenters. The normalized spacial score (nSPS) is 15.9. The number of halogens is 2. The van der Waals surface area contributed by atoms with Gasteiger partial charge in [0.05, 0.1) is 49.2 Å². The third-order valence-electron chi connectivity index (χ3n) is 7.64. The van der Waals surface area contributed by atoms with Crippen molar-refractivity contribution in [1.82, 2.24) is 9.80 Å². The van der Waals surface area contributed by atoms with Crippen molar-refractivity contribution in [2.24, 2.45) is 0 Å².